The zero-order chi connectivity index (χ0) is 25.6. The second-order valence-electron chi connectivity index (χ2n) is 8.55. The lowest BCUT2D eigenvalue weighted by atomic mass is 9.78. The predicted molar refractivity (Wildman–Crippen MR) is 150 cm³/mol. The second-order valence-corrected chi connectivity index (χ2v) is 11.0. The monoisotopic (exact) mass is 727 g/mol. The number of hydrogen-bond donors (Lipinski definition) is 3. The summed E-state index contributed by atoms with van der Waals surface area (Å²) in [7, 11) is 0. The molecule has 0 amide bonds. The summed E-state index contributed by atoms with van der Waals surface area (Å²) >= 11 is 9.91. The van der Waals surface area contributed by atoms with E-state index in [4.69, 9.17) is 21.1 Å². The minimum Gasteiger partial charge on any atom is -0.491 e. The molecule has 0 radical (unpaired) electrons. The van der Waals surface area contributed by atoms with Crippen LogP contribution in [0.4, 0.5) is 0 Å². The number of hydrogen-bond acceptors (Lipinski definition) is 7. The van der Waals surface area contributed by atoms with Crippen LogP contribution in [0.15, 0.2) is 42.5 Å². The van der Waals surface area contributed by atoms with Gasteiger partial charge in [-0.3, -0.25) is 0 Å². The van der Waals surface area contributed by atoms with Gasteiger partial charge >= 0.3 is 0 Å². The van der Waals surface area contributed by atoms with E-state index in [1.807, 2.05) is 59.0 Å². The molecular weight excluding hydrogens is 700 g/mol. The Balaban J connectivity index is 1.60. The SMILES string of the molecule is CC(C)(c1ccc(OCC(O)Cn2nnc(CO)c2I)cc1)c1ccc(OCC(O)CCl)c(I)c1. The van der Waals surface area contributed by atoms with Crippen molar-refractivity contribution >= 4 is 56.8 Å². The first-order chi connectivity index (χ1) is 16.6. The molecule has 0 spiro atoms. The molecule has 0 aliphatic rings. The van der Waals surface area contributed by atoms with Gasteiger partial charge in [0.25, 0.3) is 0 Å². The molecule has 0 bridgehead atoms. The molecule has 0 aliphatic carbocycles. The Bertz CT molecular complexity index is 1110. The van der Waals surface area contributed by atoms with Gasteiger partial charge in [-0.05, 0) is 80.6 Å². The molecule has 0 saturated carbocycles. The van der Waals surface area contributed by atoms with Crippen molar-refractivity contribution in [2.75, 3.05) is 19.1 Å². The molecule has 2 atom stereocenters. The highest BCUT2D eigenvalue weighted by Gasteiger charge is 2.24. The molecule has 11 heteroatoms. The smallest absolute Gasteiger partial charge is 0.132 e. The Kier molecular flexibility index (Phi) is 10.4. The highest BCUT2D eigenvalue weighted by atomic mass is 127. The third kappa shape index (κ3) is 7.41. The van der Waals surface area contributed by atoms with Crippen LogP contribution in [0.5, 0.6) is 11.5 Å². The number of rotatable bonds is 12. The summed E-state index contributed by atoms with van der Waals surface area (Å²) in [5, 5.41) is 37.0. The fraction of sp³-hybridized carbons (Fsp3) is 0.417. The van der Waals surface area contributed by atoms with Crippen molar-refractivity contribution < 1.29 is 24.8 Å². The van der Waals surface area contributed by atoms with Crippen molar-refractivity contribution in [2.45, 2.75) is 44.6 Å². The van der Waals surface area contributed by atoms with E-state index in [1.54, 1.807) is 4.68 Å². The molecule has 3 rings (SSSR count). The number of aromatic nitrogens is 3. The van der Waals surface area contributed by atoms with Gasteiger partial charge in [-0.15, -0.1) is 16.7 Å². The lowest BCUT2D eigenvalue weighted by Gasteiger charge is -2.27. The standard InChI is InChI=1S/C24H28ClI2N3O5/c1-24(2,16-5-8-22(20(26)9-16)35-13-17(32)10-25)15-3-6-19(7-4-15)34-14-18(33)11-30-23(27)21(12-31)28-29-30/h3-9,17-18,31-33H,10-14H2,1-2H3. The van der Waals surface area contributed by atoms with Crippen LogP contribution in [0, 0.1) is 7.27 Å². The predicted octanol–water partition coefficient (Wildman–Crippen LogP) is 3.72. The van der Waals surface area contributed by atoms with Crippen LogP contribution < -0.4 is 9.47 Å². The number of aliphatic hydroxyl groups excluding tert-OH is 3. The molecule has 35 heavy (non-hydrogen) atoms. The van der Waals surface area contributed by atoms with Crippen molar-refractivity contribution in [3.05, 3.63) is 66.6 Å². The first kappa shape index (κ1) is 28.4. The summed E-state index contributed by atoms with van der Waals surface area (Å²) in [6.07, 6.45) is -1.47. The average molecular weight is 728 g/mol. The van der Waals surface area contributed by atoms with Crippen LogP contribution in [0.3, 0.4) is 0 Å². The molecule has 0 fully saturated rings. The summed E-state index contributed by atoms with van der Waals surface area (Å²) in [4.78, 5) is 0. The highest BCUT2D eigenvalue weighted by Crippen LogP contribution is 2.35. The van der Waals surface area contributed by atoms with Gasteiger partial charge in [0.1, 0.15) is 46.3 Å². The molecule has 1 aromatic heterocycles. The van der Waals surface area contributed by atoms with Gasteiger partial charge in [0.05, 0.1) is 22.6 Å². The van der Waals surface area contributed by atoms with Gasteiger partial charge in [0.2, 0.25) is 0 Å². The van der Waals surface area contributed by atoms with Crippen molar-refractivity contribution in [1.82, 2.24) is 15.0 Å². The van der Waals surface area contributed by atoms with Gasteiger partial charge in [0.15, 0.2) is 0 Å². The molecule has 3 N–H and O–H groups in total. The van der Waals surface area contributed by atoms with Crippen LogP contribution in [-0.2, 0) is 18.6 Å². The fourth-order valence-electron chi connectivity index (χ4n) is 3.37. The van der Waals surface area contributed by atoms with Crippen molar-refractivity contribution in [3.8, 4) is 11.5 Å². The Morgan fingerprint density at radius 2 is 1.66 bits per heavy atom. The molecule has 0 aliphatic heterocycles. The number of halogens is 3. The third-order valence-electron chi connectivity index (χ3n) is 5.55. The minimum atomic E-state index is -0.777. The number of benzene rings is 2. The van der Waals surface area contributed by atoms with Crippen molar-refractivity contribution in [2.24, 2.45) is 0 Å². The maximum Gasteiger partial charge on any atom is 0.132 e. The van der Waals surface area contributed by atoms with E-state index in [-0.39, 0.29) is 37.7 Å². The van der Waals surface area contributed by atoms with Gasteiger partial charge in [-0.25, -0.2) is 4.68 Å². The molecule has 0 saturated heterocycles. The van der Waals surface area contributed by atoms with E-state index in [2.05, 4.69) is 52.8 Å². The molecular formula is C24H28ClI2N3O5. The summed E-state index contributed by atoms with van der Waals surface area (Å²) in [6.45, 7) is 4.58. The van der Waals surface area contributed by atoms with E-state index in [1.165, 1.54) is 0 Å². The van der Waals surface area contributed by atoms with Gasteiger partial charge < -0.3 is 24.8 Å². The maximum atomic E-state index is 10.3. The fourth-order valence-corrected chi connectivity index (χ4v) is 4.70. The van der Waals surface area contributed by atoms with Crippen LogP contribution >= 0.6 is 56.8 Å². The van der Waals surface area contributed by atoms with E-state index in [9.17, 15) is 15.3 Å². The first-order valence-electron chi connectivity index (χ1n) is 10.9. The molecule has 8 nitrogen and oxygen atoms in total. The maximum absolute atomic E-state index is 10.3. The molecule has 1 heterocycles. The van der Waals surface area contributed by atoms with Crippen LogP contribution in [0.25, 0.3) is 0 Å². The van der Waals surface area contributed by atoms with Crippen LogP contribution in [0.2, 0.25) is 0 Å². The number of nitrogens with zero attached hydrogens (tertiary/aromatic N) is 3. The zero-order valence-corrected chi connectivity index (χ0v) is 24.4. The Labute approximate surface area is 236 Å². The highest BCUT2D eigenvalue weighted by molar-refractivity contribution is 14.1. The second kappa shape index (κ2) is 12.9. The van der Waals surface area contributed by atoms with Crippen LogP contribution in [-0.4, -0.2) is 61.6 Å². The topological polar surface area (TPSA) is 110 Å². The summed E-state index contributed by atoms with van der Waals surface area (Å²) in [5.74, 6) is 1.50. The number of alkyl halides is 1. The summed E-state index contributed by atoms with van der Waals surface area (Å²) in [6, 6.07) is 13.8. The van der Waals surface area contributed by atoms with Gasteiger partial charge in [-0.1, -0.05) is 37.3 Å². The first-order valence-corrected chi connectivity index (χ1v) is 13.6. The Morgan fingerprint density at radius 3 is 2.26 bits per heavy atom. The van der Waals surface area contributed by atoms with E-state index < -0.39 is 12.2 Å². The summed E-state index contributed by atoms with van der Waals surface area (Å²) in [5.41, 5.74) is 2.46. The van der Waals surface area contributed by atoms with Crippen molar-refractivity contribution in [3.63, 3.8) is 0 Å². The van der Waals surface area contributed by atoms with E-state index >= 15 is 0 Å². The molecule has 3 aromatic rings. The van der Waals surface area contributed by atoms with E-state index in [0.29, 0.717) is 20.9 Å². The lowest BCUT2D eigenvalue weighted by molar-refractivity contribution is 0.0881. The minimum absolute atomic E-state index is 0.102. The van der Waals surface area contributed by atoms with E-state index in [0.717, 1.165) is 14.7 Å². The van der Waals surface area contributed by atoms with Crippen molar-refractivity contribution in [1.29, 1.82) is 0 Å². The molecule has 190 valence electrons. The van der Waals surface area contributed by atoms with Crippen LogP contribution in [0.1, 0.15) is 30.7 Å². The Hall–Kier alpha value is -1.19. The lowest BCUT2D eigenvalue weighted by Crippen LogP contribution is -2.25. The normalized spacial score (nSPS) is 13.5. The quantitative estimate of drug-likeness (QED) is 0.193. The Morgan fingerprint density at radius 1 is 1.00 bits per heavy atom. The van der Waals surface area contributed by atoms with Gasteiger partial charge in [-0.2, -0.15) is 0 Å². The molecule has 2 unspecified atom stereocenters. The molecule has 2 aromatic carbocycles. The zero-order valence-electron chi connectivity index (χ0n) is 19.4. The number of ether oxygens (including phenoxy) is 2. The largest absolute Gasteiger partial charge is 0.491 e. The van der Waals surface area contributed by atoms with Gasteiger partial charge in [0, 0.05) is 5.41 Å². The summed E-state index contributed by atoms with van der Waals surface area (Å²) < 4.78 is 14.6. The average Bonchev–Trinajstić information content (AvgIpc) is 3.20. The third-order valence-corrected chi connectivity index (χ3v) is 7.93. The number of aliphatic hydroxyl groups is 3.